The molecule has 0 amide bonds. The van der Waals surface area contributed by atoms with Crippen molar-refractivity contribution >= 4 is 0 Å². The molecule has 1 saturated heterocycles. The third-order valence-corrected chi connectivity index (χ3v) is 18.2. The number of fused-ring (bicyclic) bond motifs is 5. The van der Waals surface area contributed by atoms with E-state index in [1.165, 1.54) is 219 Å². The van der Waals surface area contributed by atoms with Gasteiger partial charge in [-0.1, -0.05) is 180 Å². The van der Waals surface area contributed by atoms with Gasteiger partial charge in [0.15, 0.2) is 0 Å². The van der Waals surface area contributed by atoms with Gasteiger partial charge in [-0.3, -0.25) is 0 Å². The second kappa shape index (κ2) is 26.7. The van der Waals surface area contributed by atoms with Crippen LogP contribution in [0.1, 0.15) is 253 Å². The molecule has 0 bridgehead atoms. The van der Waals surface area contributed by atoms with Crippen molar-refractivity contribution in [3.05, 3.63) is 36.0 Å². The Labute approximate surface area is 370 Å². The fourth-order valence-electron chi connectivity index (χ4n) is 14.3. The van der Waals surface area contributed by atoms with Gasteiger partial charge in [0.25, 0.3) is 0 Å². The van der Waals surface area contributed by atoms with Gasteiger partial charge in [-0.25, -0.2) is 0 Å². The summed E-state index contributed by atoms with van der Waals surface area (Å²) in [5.74, 6) is 7.73. The van der Waals surface area contributed by atoms with Crippen LogP contribution in [0.15, 0.2) is 36.0 Å². The molecule has 4 aliphatic carbocycles. The third-order valence-electron chi connectivity index (χ3n) is 18.2. The molecule has 340 valence electrons. The highest BCUT2D eigenvalue weighted by molar-refractivity contribution is 5.25. The first-order valence-corrected chi connectivity index (χ1v) is 27.5. The standard InChI is InChI=1S/C58H103N/c1-7-9-10-11-12-13-14-15-16-17-18-19-20-21-22-23-24-25-32-51(47-59-44-41-49(8-2)46-59)33-28-27-31-50-39-42-58(6)53(45-50)35-37-54-55-38-36-52(34-29-26-30-48(3)4)57(55,5)43-40-56(54)58/h12-13,15-16,35,48-52,54-56H,7-11,14,17-34,36-47H2,1-6H3/b13-12-,16-15-. The van der Waals surface area contributed by atoms with Crippen LogP contribution in [0.2, 0.25) is 0 Å². The lowest BCUT2D eigenvalue weighted by Crippen LogP contribution is -2.50. The van der Waals surface area contributed by atoms with Crippen molar-refractivity contribution in [1.82, 2.24) is 4.90 Å². The summed E-state index contributed by atoms with van der Waals surface area (Å²) < 4.78 is 0. The average molecular weight is 814 g/mol. The summed E-state index contributed by atoms with van der Waals surface area (Å²) >= 11 is 0. The van der Waals surface area contributed by atoms with Gasteiger partial charge in [0.1, 0.15) is 0 Å². The largest absolute Gasteiger partial charge is 0.303 e. The van der Waals surface area contributed by atoms with Crippen LogP contribution in [0.5, 0.6) is 0 Å². The maximum Gasteiger partial charge on any atom is 0.00101 e. The Bertz CT molecular complexity index is 1210. The molecule has 59 heavy (non-hydrogen) atoms. The summed E-state index contributed by atoms with van der Waals surface area (Å²) in [6, 6.07) is 0. The Morgan fingerprint density at radius 1 is 0.661 bits per heavy atom. The quantitative estimate of drug-likeness (QED) is 0.0516. The van der Waals surface area contributed by atoms with Crippen LogP contribution in [0.4, 0.5) is 0 Å². The van der Waals surface area contributed by atoms with E-state index in [2.05, 4.69) is 76.8 Å². The molecule has 0 aromatic carbocycles. The lowest BCUT2D eigenvalue weighted by molar-refractivity contribution is -0.0458. The van der Waals surface area contributed by atoms with Gasteiger partial charge in [0.2, 0.25) is 0 Å². The van der Waals surface area contributed by atoms with Crippen LogP contribution in [-0.4, -0.2) is 24.5 Å². The Morgan fingerprint density at radius 3 is 2.05 bits per heavy atom. The summed E-state index contributed by atoms with van der Waals surface area (Å²) in [4.78, 5) is 2.87. The number of nitrogens with zero attached hydrogens (tertiary/aromatic N) is 1. The molecule has 0 spiro atoms. The molecule has 9 atom stereocenters. The van der Waals surface area contributed by atoms with Crippen molar-refractivity contribution in [3.8, 4) is 0 Å². The predicted molar refractivity (Wildman–Crippen MR) is 262 cm³/mol. The molecule has 4 fully saturated rings. The summed E-state index contributed by atoms with van der Waals surface area (Å²) in [5.41, 5.74) is 3.10. The molecule has 3 saturated carbocycles. The zero-order chi connectivity index (χ0) is 41.8. The van der Waals surface area contributed by atoms with Crippen LogP contribution in [0, 0.1) is 58.2 Å². The highest BCUT2D eigenvalue weighted by Gasteiger charge is 2.58. The van der Waals surface area contributed by atoms with Crippen molar-refractivity contribution in [2.75, 3.05) is 19.6 Å². The Morgan fingerprint density at radius 2 is 1.34 bits per heavy atom. The summed E-state index contributed by atoms with van der Waals surface area (Å²) in [5, 5.41) is 0. The Hall–Kier alpha value is -0.820. The number of hydrogen-bond acceptors (Lipinski definition) is 1. The molecule has 0 N–H and O–H groups in total. The highest BCUT2D eigenvalue weighted by atomic mass is 15.1. The Kier molecular flexibility index (Phi) is 22.3. The first kappa shape index (κ1) is 49.2. The van der Waals surface area contributed by atoms with Crippen LogP contribution in [0.3, 0.4) is 0 Å². The molecule has 0 radical (unpaired) electrons. The fourth-order valence-corrected chi connectivity index (χ4v) is 14.3. The maximum absolute atomic E-state index is 2.87. The van der Waals surface area contributed by atoms with E-state index in [0.29, 0.717) is 10.8 Å². The van der Waals surface area contributed by atoms with Crippen LogP contribution >= 0.6 is 0 Å². The summed E-state index contributed by atoms with van der Waals surface area (Å²) in [6.45, 7) is 19.2. The molecule has 0 aromatic rings. The van der Waals surface area contributed by atoms with Crippen LogP contribution in [-0.2, 0) is 0 Å². The SMILES string of the molecule is CCCCC/C=C\C/C=C\CCCCCCCCCCC(CCCCC1CCC2(C)C(=CCC3C2CCC2(C)C(CCCCC(C)C)CCC32)C1)CN1CCC(CC)C1. The molecule has 1 heterocycles. The number of likely N-dealkylation sites (tertiary alicyclic amines) is 1. The smallest absolute Gasteiger partial charge is 0.00101 e. The lowest BCUT2D eigenvalue weighted by Gasteiger charge is -2.58. The van der Waals surface area contributed by atoms with E-state index in [9.17, 15) is 0 Å². The second-order valence-corrected chi connectivity index (χ2v) is 22.9. The van der Waals surface area contributed by atoms with E-state index >= 15 is 0 Å². The number of allylic oxidation sites excluding steroid dienone is 6. The molecule has 1 aliphatic heterocycles. The number of unbranched alkanes of at least 4 members (excludes halogenated alkanes) is 13. The van der Waals surface area contributed by atoms with Crippen molar-refractivity contribution in [3.63, 3.8) is 0 Å². The maximum atomic E-state index is 2.87. The van der Waals surface area contributed by atoms with Gasteiger partial charge in [-0.2, -0.15) is 0 Å². The van der Waals surface area contributed by atoms with Crippen molar-refractivity contribution in [2.45, 2.75) is 253 Å². The molecular weight excluding hydrogens is 711 g/mol. The van der Waals surface area contributed by atoms with Gasteiger partial charge < -0.3 is 4.90 Å². The van der Waals surface area contributed by atoms with Crippen molar-refractivity contribution < 1.29 is 0 Å². The van der Waals surface area contributed by atoms with Gasteiger partial charge >= 0.3 is 0 Å². The fraction of sp³-hybridized carbons (Fsp3) is 0.897. The van der Waals surface area contributed by atoms with Gasteiger partial charge in [0.05, 0.1) is 0 Å². The highest BCUT2D eigenvalue weighted by Crippen LogP contribution is 2.67. The van der Waals surface area contributed by atoms with Crippen molar-refractivity contribution in [2.24, 2.45) is 58.2 Å². The van der Waals surface area contributed by atoms with E-state index in [-0.39, 0.29) is 0 Å². The van der Waals surface area contributed by atoms with E-state index in [1.54, 1.807) is 6.42 Å². The van der Waals surface area contributed by atoms with Crippen LogP contribution in [0.25, 0.3) is 0 Å². The monoisotopic (exact) mass is 814 g/mol. The second-order valence-electron chi connectivity index (χ2n) is 22.9. The summed E-state index contributed by atoms with van der Waals surface area (Å²) in [6.07, 6.45) is 59.9. The van der Waals surface area contributed by atoms with Crippen molar-refractivity contribution in [1.29, 1.82) is 0 Å². The van der Waals surface area contributed by atoms with Crippen LogP contribution < -0.4 is 0 Å². The summed E-state index contributed by atoms with van der Waals surface area (Å²) in [7, 11) is 0. The predicted octanol–water partition coefficient (Wildman–Crippen LogP) is 18.3. The first-order chi connectivity index (χ1) is 28.8. The minimum Gasteiger partial charge on any atom is -0.303 e. The zero-order valence-electron chi connectivity index (χ0n) is 40.9. The Balaban J connectivity index is 0.960. The third kappa shape index (κ3) is 15.4. The molecule has 5 aliphatic rings. The first-order valence-electron chi connectivity index (χ1n) is 27.5. The normalized spacial score (nSPS) is 31.6. The minimum absolute atomic E-state index is 0.523. The minimum atomic E-state index is 0.523. The molecule has 1 nitrogen and oxygen atoms in total. The van der Waals surface area contributed by atoms with Gasteiger partial charge in [-0.15, -0.1) is 0 Å². The van der Waals surface area contributed by atoms with Gasteiger partial charge in [-0.05, 0) is 174 Å². The van der Waals surface area contributed by atoms with E-state index in [1.807, 2.05) is 5.57 Å². The molecule has 1 heteroatoms. The molecular formula is C58H103N. The lowest BCUT2D eigenvalue weighted by atomic mass is 9.46. The number of hydrogen-bond donors (Lipinski definition) is 0. The average Bonchev–Trinajstić information content (AvgIpc) is 3.83. The van der Waals surface area contributed by atoms with E-state index in [0.717, 1.165) is 53.8 Å². The molecule has 0 aromatic heterocycles. The van der Waals surface area contributed by atoms with Gasteiger partial charge in [0, 0.05) is 13.1 Å². The zero-order valence-corrected chi connectivity index (χ0v) is 40.9. The van der Waals surface area contributed by atoms with E-state index in [4.69, 9.17) is 0 Å². The topological polar surface area (TPSA) is 3.24 Å². The van der Waals surface area contributed by atoms with E-state index < -0.39 is 0 Å². The molecule has 9 unspecified atom stereocenters. The molecule has 5 rings (SSSR count). The number of rotatable bonds is 30.